The van der Waals surface area contributed by atoms with E-state index in [4.69, 9.17) is 24.0 Å². The second kappa shape index (κ2) is 12.4. The van der Waals surface area contributed by atoms with E-state index in [-0.39, 0.29) is 24.2 Å². The van der Waals surface area contributed by atoms with Gasteiger partial charge in [0.25, 0.3) is 0 Å². The molecule has 1 aromatic carbocycles. The fourth-order valence-corrected chi connectivity index (χ4v) is 4.00. The van der Waals surface area contributed by atoms with E-state index in [0.717, 1.165) is 31.4 Å². The predicted octanol–water partition coefficient (Wildman–Crippen LogP) is 3.86. The lowest BCUT2D eigenvalue weighted by Gasteiger charge is -2.26. The molecule has 2 rings (SSSR count). The summed E-state index contributed by atoms with van der Waals surface area (Å²) in [4.78, 5) is 12.4. The Kier molecular flexibility index (Phi) is 9.94. The SMILES string of the molecule is CCOC(=O)C[C@H](c1ccc(OC)c(OC)c1)[C@@H](/C=N/N1CCC[C@H]1COC)CC. The molecule has 1 aliphatic heterocycles. The van der Waals surface area contributed by atoms with Gasteiger partial charge in [0.05, 0.1) is 39.9 Å². The van der Waals surface area contributed by atoms with Crippen molar-refractivity contribution in [1.29, 1.82) is 0 Å². The lowest BCUT2D eigenvalue weighted by atomic mass is 9.82. The molecule has 1 aliphatic rings. The second-order valence-corrected chi connectivity index (χ2v) is 7.48. The Morgan fingerprint density at radius 2 is 2.00 bits per heavy atom. The number of carbonyl (C=O) groups is 1. The van der Waals surface area contributed by atoms with Gasteiger partial charge in [-0.2, -0.15) is 5.10 Å². The van der Waals surface area contributed by atoms with Crippen LogP contribution < -0.4 is 9.47 Å². The number of carbonyl (C=O) groups excluding carboxylic acids is 1. The molecule has 0 bridgehead atoms. The molecule has 0 aromatic heterocycles. The van der Waals surface area contributed by atoms with Crippen LogP contribution in [0.1, 0.15) is 51.0 Å². The third-order valence-electron chi connectivity index (χ3n) is 5.63. The number of methoxy groups -OCH3 is 3. The molecule has 1 fully saturated rings. The first kappa shape index (κ1) is 24.0. The number of rotatable bonds is 12. The third kappa shape index (κ3) is 6.36. The van der Waals surface area contributed by atoms with Crippen LogP contribution in [0.2, 0.25) is 0 Å². The number of esters is 1. The molecular formula is C23H36N2O5. The Morgan fingerprint density at radius 1 is 1.23 bits per heavy atom. The second-order valence-electron chi connectivity index (χ2n) is 7.48. The highest BCUT2D eigenvalue weighted by atomic mass is 16.5. The van der Waals surface area contributed by atoms with Crippen molar-refractivity contribution in [3.8, 4) is 11.5 Å². The van der Waals surface area contributed by atoms with E-state index in [0.29, 0.717) is 30.8 Å². The first-order valence-corrected chi connectivity index (χ1v) is 10.7. The number of hydrazone groups is 1. The van der Waals surface area contributed by atoms with Crippen LogP contribution in [0.4, 0.5) is 0 Å². The van der Waals surface area contributed by atoms with Gasteiger partial charge in [-0.3, -0.25) is 9.80 Å². The molecule has 30 heavy (non-hydrogen) atoms. The van der Waals surface area contributed by atoms with Gasteiger partial charge in [-0.1, -0.05) is 13.0 Å². The quantitative estimate of drug-likeness (QED) is 0.378. The zero-order chi connectivity index (χ0) is 21.9. The normalized spacial score (nSPS) is 18.4. The Hall–Kier alpha value is -2.28. The van der Waals surface area contributed by atoms with Crippen LogP contribution in [0.25, 0.3) is 0 Å². The summed E-state index contributed by atoms with van der Waals surface area (Å²) in [7, 11) is 4.95. The van der Waals surface area contributed by atoms with E-state index < -0.39 is 0 Å². The molecule has 168 valence electrons. The molecule has 0 spiro atoms. The molecule has 0 aliphatic carbocycles. The van der Waals surface area contributed by atoms with Crippen LogP contribution in [0.5, 0.6) is 11.5 Å². The highest BCUT2D eigenvalue weighted by Crippen LogP contribution is 2.36. The number of hydrogen-bond acceptors (Lipinski definition) is 7. The van der Waals surface area contributed by atoms with Crippen molar-refractivity contribution < 1.29 is 23.7 Å². The zero-order valence-electron chi connectivity index (χ0n) is 18.9. The van der Waals surface area contributed by atoms with Gasteiger partial charge in [-0.15, -0.1) is 0 Å². The maximum Gasteiger partial charge on any atom is 0.306 e. The minimum absolute atomic E-state index is 0.0684. The van der Waals surface area contributed by atoms with Crippen LogP contribution >= 0.6 is 0 Å². The first-order valence-electron chi connectivity index (χ1n) is 10.7. The molecule has 7 heteroatoms. The van der Waals surface area contributed by atoms with Crippen LogP contribution in [0.15, 0.2) is 23.3 Å². The molecule has 7 nitrogen and oxygen atoms in total. The van der Waals surface area contributed by atoms with Crippen molar-refractivity contribution >= 4 is 12.2 Å². The van der Waals surface area contributed by atoms with Crippen LogP contribution in [0, 0.1) is 5.92 Å². The van der Waals surface area contributed by atoms with E-state index in [1.165, 1.54) is 0 Å². The molecule has 0 amide bonds. The lowest BCUT2D eigenvalue weighted by Crippen LogP contribution is -2.29. The predicted molar refractivity (Wildman–Crippen MR) is 117 cm³/mol. The largest absolute Gasteiger partial charge is 0.493 e. The fraction of sp³-hybridized carbons (Fsp3) is 0.652. The van der Waals surface area contributed by atoms with E-state index in [9.17, 15) is 4.79 Å². The first-order chi connectivity index (χ1) is 14.6. The van der Waals surface area contributed by atoms with Crippen LogP contribution in [-0.4, -0.2) is 64.3 Å². The van der Waals surface area contributed by atoms with Crippen LogP contribution in [-0.2, 0) is 14.3 Å². The van der Waals surface area contributed by atoms with Gasteiger partial charge in [-0.25, -0.2) is 0 Å². The summed E-state index contributed by atoms with van der Waals surface area (Å²) in [5, 5.41) is 6.90. The topological polar surface area (TPSA) is 69.6 Å². The molecule has 0 radical (unpaired) electrons. The van der Waals surface area contributed by atoms with Gasteiger partial charge >= 0.3 is 5.97 Å². The number of nitrogens with zero attached hydrogens (tertiary/aromatic N) is 2. The maximum atomic E-state index is 12.4. The fourth-order valence-electron chi connectivity index (χ4n) is 4.00. The minimum atomic E-state index is -0.206. The summed E-state index contributed by atoms with van der Waals surface area (Å²) in [5.74, 6) is 1.12. The van der Waals surface area contributed by atoms with Crippen molar-refractivity contribution in [1.82, 2.24) is 5.01 Å². The van der Waals surface area contributed by atoms with Crippen molar-refractivity contribution in [2.24, 2.45) is 11.0 Å². The monoisotopic (exact) mass is 420 g/mol. The summed E-state index contributed by atoms with van der Waals surface area (Å²) in [6, 6.07) is 6.13. The van der Waals surface area contributed by atoms with E-state index in [1.807, 2.05) is 31.3 Å². The lowest BCUT2D eigenvalue weighted by molar-refractivity contribution is -0.143. The van der Waals surface area contributed by atoms with E-state index >= 15 is 0 Å². The Morgan fingerprint density at radius 3 is 2.63 bits per heavy atom. The van der Waals surface area contributed by atoms with Gasteiger partial charge in [0.2, 0.25) is 0 Å². The summed E-state index contributed by atoms with van der Waals surface area (Å²) < 4.78 is 21.4. The average Bonchev–Trinajstić information content (AvgIpc) is 3.20. The van der Waals surface area contributed by atoms with Gasteiger partial charge < -0.3 is 18.9 Å². The molecule has 0 unspecified atom stereocenters. The molecule has 1 saturated heterocycles. The summed E-state index contributed by atoms with van der Waals surface area (Å²) in [6.07, 6.45) is 5.34. The van der Waals surface area contributed by atoms with Gasteiger partial charge in [0, 0.05) is 31.7 Å². The summed E-state index contributed by atoms with van der Waals surface area (Å²) >= 11 is 0. The molecule has 1 heterocycles. The molecule has 0 saturated carbocycles. The van der Waals surface area contributed by atoms with E-state index in [1.54, 1.807) is 21.3 Å². The standard InChI is InChI=1S/C23H36N2O5/c1-6-17(15-24-25-12-8-9-19(25)16-27-3)20(14-23(26)30-7-2)18-10-11-21(28-4)22(13-18)29-5/h10-11,13,15,17,19-20H,6-9,12,14,16H2,1-5H3/b24-15+/t17-,19+,20+/m1/s1. The molecule has 1 aromatic rings. The minimum Gasteiger partial charge on any atom is -0.493 e. The zero-order valence-corrected chi connectivity index (χ0v) is 18.9. The third-order valence-corrected chi connectivity index (χ3v) is 5.63. The maximum absolute atomic E-state index is 12.4. The Labute approximate surface area is 180 Å². The van der Waals surface area contributed by atoms with Gasteiger partial charge in [-0.05, 0) is 43.9 Å². The van der Waals surface area contributed by atoms with Crippen molar-refractivity contribution in [2.45, 2.75) is 51.5 Å². The number of ether oxygens (including phenoxy) is 4. The summed E-state index contributed by atoms with van der Waals surface area (Å²) in [6.45, 7) is 5.92. The van der Waals surface area contributed by atoms with Gasteiger partial charge in [0.1, 0.15) is 0 Å². The Bertz CT molecular complexity index is 694. The van der Waals surface area contributed by atoms with E-state index in [2.05, 4.69) is 11.9 Å². The van der Waals surface area contributed by atoms with Crippen molar-refractivity contribution in [2.75, 3.05) is 41.1 Å². The highest BCUT2D eigenvalue weighted by molar-refractivity contribution is 5.72. The molecule has 3 atom stereocenters. The van der Waals surface area contributed by atoms with Crippen molar-refractivity contribution in [3.05, 3.63) is 23.8 Å². The van der Waals surface area contributed by atoms with Gasteiger partial charge in [0.15, 0.2) is 11.5 Å². The summed E-state index contributed by atoms with van der Waals surface area (Å²) in [5.41, 5.74) is 1.01. The number of hydrogen-bond donors (Lipinski definition) is 0. The number of benzene rings is 1. The van der Waals surface area contributed by atoms with Crippen molar-refractivity contribution in [3.63, 3.8) is 0 Å². The Balaban J connectivity index is 2.29. The molecule has 0 N–H and O–H groups in total. The highest BCUT2D eigenvalue weighted by Gasteiger charge is 2.27. The van der Waals surface area contributed by atoms with Crippen LogP contribution in [0.3, 0.4) is 0 Å². The average molecular weight is 421 g/mol. The smallest absolute Gasteiger partial charge is 0.306 e. The molecular weight excluding hydrogens is 384 g/mol.